The van der Waals surface area contributed by atoms with Crippen LogP contribution >= 0.6 is 0 Å². The van der Waals surface area contributed by atoms with Crippen LogP contribution in [0.3, 0.4) is 0 Å². The van der Waals surface area contributed by atoms with Gasteiger partial charge in [0, 0.05) is 5.56 Å². The minimum absolute atomic E-state index is 0.257. The fourth-order valence-corrected chi connectivity index (χ4v) is 2.17. The molecule has 1 aliphatic rings. The molecule has 108 valence electrons. The molecule has 0 radical (unpaired) electrons. The minimum Gasteiger partial charge on any atom is -0.364 e. The van der Waals surface area contributed by atoms with Crippen LogP contribution in [0.1, 0.15) is 29.2 Å². The van der Waals surface area contributed by atoms with Crippen molar-refractivity contribution in [3.8, 4) is 11.3 Å². The molecule has 21 heavy (non-hydrogen) atoms. The lowest BCUT2D eigenvalue weighted by molar-refractivity contribution is 0.0995. The predicted molar refractivity (Wildman–Crippen MR) is 80.4 cm³/mol. The molecule has 1 heterocycles. The van der Waals surface area contributed by atoms with Crippen molar-refractivity contribution >= 4 is 5.91 Å². The second kappa shape index (κ2) is 6.01. The zero-order valence-electron chi connectivity index (χ0n) is 11.7. The number of carbonyl (C=O) groups excluding carboxylic acids is 1. The molecule has 1 saturated carbocycles. The summed E-state index contributed by atoms with van der Waals surface area (Å²) in [6, 6.07) is 11.4. The third kappa shape index (κ3) is 3.64. The molecule has 5 nitrogen and oxygen atoms in total. The Hall–Kier alpha value is -2.27. The maximum atomic E-state index is 11.4. The molecule has 0 aliphatic heterocycles. The van der Waals surface area contributed by atoms with Gasteiger partial charge in [-0.25, -0.2) is 9.97 Å². The number of nitrogens with one attached hydrogen (secondary N) is 1. The molecule has 5 heteroatoms. The van der Waals surface area contributed by atoms with Crippen LogP contribution in [0, 0.1) is 5.92 Å². The van der Waals surface area contributed by atoms with Gasteiger partial charge in [-0.15, -0.1) is 0 Å². The van der Waals surface area contributed by atoms with Crippen molar-refractivity contribution in [1.29, 1.82) is 0 Å². The van der Waals surface area contributed by atoms with Crippen molar-refractivity contribution in [3.05, 3.63) is 47.9 Å². The van der Waals surface area contributed by atoms with Crippen LogP contribution in [0.15, 0.2) is 36.4 Å². The van der Waals surface area contributed by atoms with Crippen molar-refractivity contribution < 1.29 is 4.79 Å². The minimum atomic E-state index is -0.530. The third-order valence-electron chi connectivity index (χ3n) is 3.51. The Kier molecular flexibility index (Phi) is 3.92. The third-order valence-corrected chi connectivity index (χ3v) is 3.51. The van der Waals surface area contributed by atoms with E-state index in [1.807, 2.05) is 30.3 Å². The van der Waals surface area contributed by atoms with Gasteiger partial charge >= 0.3 is 0 Å². The second-order valence-corrected chi connectivity index (χ2v) is 5.36. The summed E-state index contributed by atoms with van der Waals surface area (Å²) in [6.07, 6.45) is 2.59. The number of nitrogens with two attached hydrogens (primary N) is 1. The summed E-state index contributed by atoms with van der Waals surface area (Å²) in [6.45, 7) is 1.53. The van der Waals surface area contributed by atoms with Crippen molar-refractivity contribution in [3.63, 3.8) is 0 Å². The topological polar surface area (TPSA) is 80.9 Å². The Bertz CT molecular complexity index is 638. The van der Waals surface area contributed by atoms with Gasteiger partial charge in [-0.1, -0.05) is 30.3 Å². The summed E-state index contributed by atoms with van der Waals surface area (Å²) >= 11 is 0. The molecule has 1 aromatic carbocycles. The highest BCUT2D eigenvalue weighted by Crippen LogP contribution is 2.27. The van der Waals surface area contributed by atoms with E-state index in [1.165, 1.54) is 12.8 Å². The van der Waals surface area contributed by atoms with E-state index in [0.717, 1.165) is 23.7 Å². The molecule has 2 aromatic rings. The van der Waals surface area contributed by atoms with E-state index in [-0.39, 0.29) is 5.69 Å². The Balaban J connectivity index is 1.84. The molecular weight excluding hydrogens is 264 g/mol. The zero-order valence-corrected chi connectivity index (χ0v) is 11.7. The fraction of sp³-hybridized carbons (Fsp3) is 0.312. The molecule has 0 atom stereocenters. The average molecular weight is 282 g/mol. The number of amides is 1. The Morgan fingerprint density at radius 3 is 2.67 bits per heavy atom. The van der Waals surface area contributed by atoms with Gasteiger partial charge in [0.05, 0.1) is 12.2 Å². The molecule has 0 unspecified atom stereocenters. The Labute approximate surface area is 123 Å². The van der Waals surface area contributed by atoms with E-state index in [1.54, 1.807) is 6.07 Å². The van der Waals surface area contributed by atoms with Crippen LogP contribution in [0.4, 0.5) is 0 Å². The van der Waals surface area contributed by atoms with Crippen LogP contribution in [0.25, 0.3) is 11.3 Å². The summed E-state index contributed by atoms with van der Waals surface area (Å²) in [4.78, 5) is 20.2. The van der Waals surface area contributed by atoms with Crippen LogP contribution < -0.4 is 11.1 Å². The molecule has 3 N–H and O–H groups in total. The first-order valence-corrected chi connectivity index (χ1v) is 7.16. The number of aromatic nitrogens is 2. The summed E-state index contributed by atoms with van der Waals surface area (Å²) in [5, 5.41) is 3.33. The summed E-state index contributed by atoms with van der Waals surface area (Å²) in [5.41, 5.74) is 7.30. The number of carbonyl (C=O) groups is 1. The van der Waals surface area contributed by atoms with E-state index in [9.17, 15) is 4.79 Å². The summed E-state index contributed by atoms with van der Waals surface area (Å²) in [5.74, 6) is 0.863. The lowest BCUT2D eigenvalue weighted by Gasteiger charge is -2.07. The van der Waals surface area contributed by atoms with Crippen LogP contribution in [0.5, 0.6) is 0 Å². The number of benzene rings is 1. The van der Waals surface area contributed by atoms with E-state index >= 15 is 0 Å². The first-order chi connectivity index (χ1) is 10.2. The number of nitrogens with zero attached hydrogens (tertiary/aromatic N) is 2. The molecule has 3 rings (SSSR count). The first kappa shape index (κ1) is 13.7. The van der Waals surface area contributed by atoms with Crippen molar-refractivity contribution in [2.24, 2.45) is 11.7 Å². The van der Waals surface area contributed by atoms with Gasteiger partial charge in [0.25, 0.3) is 5.91 Å². The monoisotopic (exact) mass is 282 g/mol. The lowest BCUT2D eigenvalue weighted by Crippen LogP contribution is -2.21. The van der Waals surface area contributed by atoms with E-state index in [4.69, 9.17) is 5.73 Å². The normalized spacial score (nSPS) is 14.1. The number of hydrogen-bond acceptors (Lipinski definition) is 4. The summed E-state index contributed by atoms with van der Waals surface area (Å²) < 4.78 is 0. The van der Waals surface area contributed by atoms with Gasteiger partial charge in [-0.05, 0) is 31.4 Å². The molecule has 0 spiro atoms. The first-order valence-electron chi connectivity index (χ1n) is 7.16. The standard InChI is InChI=1S/C16H18N4O/c17-16(21)14-8-13(12-4-2-1-3-5-12)19-15(20-14)10-18-9-11-6-7-11/h1-5,8,11,18H,6-7,9-10H2,(H2,17,21). The smallest absolute Gasteiger partial charge is 0.267 e. The van der Waals surface area contributed by atoms with Crippen LogP contribution in [-0.4, -0.2) is 22.4 Å². The quantitative estimate of drug-likeness (QED) is 0.845. The highest BCUT2D eigenvalue weighted by atomic mass is 16.1. The molecule has 0 bridgehead atoms. The fourth-order valence-electron chi connectivity index (χ4n) is 2.17. The van der Waals surface area contributed by atoms with Crippen molar-refractivity contribution in [1.82, 2.24) is 15.3 Å². The average Bonchev–Trinajstić information content (AvgIpc) is 3.32. The van der Waals surface area contributed by atoms with Crippen LogP contribution in [-0.2, 0) is 6.54 Å². The number of rotatable bonds is 6. The number of hydrogen-bond donors (Lipinski definition) is 2. The molecule has 1 aromatic heterocycles. The maximum absolute atomic E-state index is 11.4. The molecule has 1 fully saturated rings. The van der Waals surface area contributed by atoms with Gasteiger partial charge in [0.15, 0.2) is 0 Å². The van der Waals surface area contributed by atoms with E-state index in [2.05, 4.69) is 15.3 Å². The largest absolute Gasteiger partial charge is 0.364 e. The van der Waals surface area contributed by atoms with Gasteiger partial charge in [0.1, 0.15) is 11.5 Å². The number of primary amides is 1. The lowest BCUT2D eigenvalue weighted by atomic mass is 10.1. The van der Waals surface area contributed by atoms with Gasteiger partial charge in [-0.3, -0.25) is 4.79 Å². The molecule has 1 amide bonds. The second-order valence-electron chi connectivity index (χ2n) is 5.36. The van der Waals surface area contributed by atoms with Crippen LogP contribution in [0.2, 0.25) is 0 Å². The van der Waals surface area contributed by atoms with Gasteiger partial charge < -0.3 is 11.1 Å². The van der Waals surface area contributed by atoms with Gasteiger partial charge in [0.2, 0.25) is 0 Å². The van der Waals surface area contributed by atoms with Crippen molar-refractivity contribution in [2.75, 3.05) is 6.54 Å². The maximum Gasteiger partial charge on any atom is 0.267 e. The Morgan fingerprint density at radius 1 is 1.24 bits per heavy atom. The molecular formula is C16H18N4O. The Morgan fingerprint density at radius 2 is 2.00 bits per heavy atom. The van der Waals surface area contributed by atoms with Crippen molar-refractivity contribution in [2.45, 2.75) is 19.4 Å². The SMILES string of the molecule is NC(=O)c1cc(-c2ccccc2)nc(CNCC2CC2)n1. The highest BCUT2D eigenvalue weighted by Gasteiger charge is 2.20. The zero-order chi connectivity index (χ0) is 14.7. The molecule has 0 saturated heterocycles. The van der Waals surface area contributed by atoms with Gasteiger partial charge in [-0.2, -0.15) is 0 Å². The highest BCUT2D eigenvalue weighted by molar-refractivity contribution is 5.91. The predicted octanol–water partition coefficient (Wildman–Crippen LogP) is 1.74. The molecule has 1 aliphatic carbocycles. The van der Waals surface area contributed by atoms with E-state index in [0.29, 0.717) is 12.4 Å². The summed E-state index contributed by atoms with van der Waals surface area (Å²) in [7, 11) is 0. The van der Waals surface area contributed by atoms with E-state index < -0.39 is 5.91 Å².